The third-order valence-electron chi connectivity index (χ3n) is 3.05. The summed E-state index contributed by atoms with van der Waals surface area (Å²) in [6.45, 7) is 5.87. The summed E-state index contributed by atoms with van der Waals surface area (Å²) in [4.78, 5) is 0. The highest BCUT2D eigenvalue weighted by molar-refractivity contribution is 5.73. The zero-order chi connectivity index (χ0) is 12.6. The monoisotopic (exact) mass is 228 g/mol. The third-order valence-corrected chi connectivity index (χ3v) is 3.05. The fourth-order valence-electron chi connectivity index (χ4n) is 2.03. The van der Waals surface area contributed by atoms with E-state index in [1.807, 2.05) is 32.9 Å². The summed E-state index contributed by atoms with van der Waals surface area (Å²) in [5.41, 5.74) is 4.95. The molecule has 0 spiro atoms. The van der Waals surface area contributed by atoms with Crippen LogP contribution >= 0.6 is 0 Å². The Balaban J connectivity index is 2.68. The van der Waals surface area contributed by atoms with E-state index < -0.39 is 0 Å². The maximum atomic E-state index is 9.78. The number of hydrogen-bond donors (Lipinski definition) is 2. The van der Waals surface area contributed by atoms with Gasteiger partial charge in [-0.25, -0.2) is 0 Å². The molecule has 17 heavy (non-hydrogen) atoms. The van der Waals surface area contributed by atoms with Crippen molar-refractivity contribution in [1.29, 1.82) is 0 Å². The Kier molecular flexibility index (Phi) is 2.80. The van der Waals surface area contributed by atoms with Gasteiger partial charge >= 0.3 is 0 Å². The maximum Gasteiger partial charge on any atom is 0.119 e. The Morgan fingerprint density at radius 3 is 2.06 bits per heavy atom. The fraction of sp³-hybridized carbons (Fsp3) is 0.200. The zero-order valence-electron chi connectivity index (χ0n) is 10.3. The molecular formula is C15H16O2. The second kappa shape index (κ2) is 4.13. The smallest absolute Gasteiger partial charge is 0.119 e. The lowest BCUT2D eigenvalue weighted by atomic mass is 9.94. The van der Waals surface area contributed by atoms with Gasteiger partial charge in [0.1, 0.15) is 11.5 Å². The summed E-state index contributed by atoms with van der Waals surface area (Å²) in [6, 6.07) is 8.98. The van der Waals surface area contributed by atoms with Crippen molar-refractivity contribution in [2.45, 2.75) is 20.8 Å². The van der Waals surface area contributed by atoms with Crippen molar-refractivity contribution in [2.24, 2.45) is 0 Å². The van der Waals surface area contributed by atoms with Gasteiger partial charge in [-0.15, -0.1) is 0 Å². The lowest BCUT2D eigenvalue weighted by Crippen LogP contribution is -1.88. The predicted molar refractivity (Wildman–Crippen MR) is 69.4 cm³/mol. The molecule has 2 aromatic rings. The minimum absolute atomic E-state index is 0.241. The minimum atomic E-state index is 0.241. The molecule has 2 N–H and O–H groups in total. The molecule has 0 aliphatic carbocycles. The van der Waals surface area contributed by atoms with E-state index >= 15 is 0 Å². The molecule has 0 saturated carbocycles. The van der Waals surface area contributed by atoms with Crippen LogP contribution in [0, 0.1) is 20.8 Å². The average molecular weight is 228 g/mol. The van der Waals surface area contributed by atoms with Gasteiger partial charge in [0, 0.05) is 0 Å². The third kappa shape index (κ3) is 2.11. The molecule has 88 valence electrons. The van der Waals surface area contributed by atoms with Gasteiger partial charge in [-0.2, -0.15) is 0 Å². The van der Waals surface area contributed by atoms with Crippen LogP contribution in [-0.4, -0.2) is 10.2 Å². The van der Waals surface area contributed by atoms with Gasteiger partial charge in [0.2, 0.25) is 0 Å². The van der Waals surface area contributed by atoms with Gasteiger partial charge in [0.25, 0.3) is 0 Å². The molecule has 2 nitrogen and oxygen atoms in total. The van der Waals surface area contributed by atoms with Gasteiger partial charge < -0.3 is 10.2 Å². The number of hydrogen-bond acceptors (Lipinski definition) is 2. The normalized spacial score (nSPS) is 10.5. The molecule has 0 heterocycles. The first-order valence-electron chi connectivity index (χ1n) is 5.59. The highest BCUT2D eigenvalue weighted by Crippen LogP contribution is 2.33. The van der Waals surface area contributed by atoms with Gasteiger partial charge in [-0.1, -0.05) is 12.1 Å². The molecule has 0 bridgehead atoms. The van der Waals surface area contributed by atoms with E-state index in [2.05, 4.69) is 0 Å². The largest absolute Gasteiger partial charge is 0.508 e. The predicted octanol–water partition coefficient (Wildman–Crippen LogP) is 3.69. The molecule has 2 rings (SSSR count). The Morgan fingerprint density at radius 1 is 0.706 bits per heavy atom. The van der Waals surface area contributed by atoms with Crippen LogP contribution in [0.1, 0.15) is 16.7 Å². The molecule has 0 amide bonds. The number of rotatable bonds is 1. The topological polar surface area (TPSA) is 40.5 Å². The molecule has 0 aromatic heterocycles. The second-order valence-electron chi connectivity index (χ2n) is 4.45. The van der Waals surface area contributed by atoms with E-state index in [1.54, 1.807) is 18.2 Å². The van der Waals surface area contributed by atoms with Crippen molar-refractivity contribution in [2.75, 3.05) is 0 Å². The molecule has 0 saturated heterocycles. The molecule has 0 fully saturated rings. The standard InChI is InChI=1S/C15H16O2/c1-9-4-5-12(16)7-13(9)14-8-15(17)11(3)6-10(14)2/h4-8,16-17H,1-3H3. The fourth-order valence-corrected chi connectivity index (χ4v) is 2.03. The van der Waals surface area contributed by atoms with Crippen molar-refractivity contribution in [3.63, 3.8) is 0 Å². The van der Waals surface area contributed by atoms with Crippen LogP contribution in [0.4, 0.5) is 0 Å². The SMILES string of the molecule is Cc1cc(C)c(-c2cc(O)ccc2C)cc1O. The number of phenolic OH excluding ortho intramolecular Hbond substituents is 2. The van der Waals surface area contributed by atoms with E-state index in [0.717, 1.165) is 27.8 Å². The summed E-state index contributed by atoms with van der Waals surface area (Å²) in [6.07, 6.45) is 0. The molecular weight excluding hydrogens is 212 g/mol. The summed E-state index contributed by atoms with van der Waals surface area (Å²) >= 11 is 0. The van der Waals surface area contributed by atoms with Crippen molar-refractivity contribution < 1.29 is 10.2 Å². The molecule has 0 atom stereocenters. The highest BCUT2D eigenvalue weighted by atomic mass is 16.3. The Morgan fingerprint density at radius 2 is 1.35 bits per heavy atom. The van der Waals surface area contributed by atoms with E-state index in [-0.39, 0.29) is 11.5 Å². The first-order valence-corrected chi connectivity index (χ1v) is 5.59. The van der Waals surface area contributed by atoms with Gasteiger partial charge in [0.05, 0.1) is 0 Å². The number of benzene rings is 2. The molecule has 0 radical (unpaired) electrons. The summed E-state index contributed by atoms with van der Waals surface area (Å²) in [5, 5.41) is 19.3. The first kappa shape index (κ1) is 11.5. The molecule has 0 aliphatic rings. The highest BCUT2D eigenvalue weighted by Gasteiger charge is 2.09. The second-order valence-corrected chi connectivity index (χ2v) is 4.45. The van der Waals surface area contributed by atoms with Crippen LogP contribution in [0.25, 0.3) is 11.1 Å². The van der Waals surface area contributed by atoms with Gasteiger partial charge in [-0.3, -0.25) is 0 Å². The molecule has 0 unspecified atom stereocenters. The Labute approximate surface area is 101 Å². The summed E-state index contributed by atoms with van der Waals surface area (Å²) < 4.78 is 0. The van der Waals surface area contributed by atoms with E-state index in [9.17, 15) is 10.2 Å². The van der Waals surface area contributed by atoms with Crippen LogP contribution in [0.2, 0.25) is 0 Å². The van der Waals surface area contributed by atoms with Crippen molar-refractivity contribution in [3.8, 4) is 22.6 Å². The van der Waals surface area contributed by atoms with Crippen LogP contribution < -0.4 is 0 Å². The molecule has 0 aliphatic heterocycles. The molecule has 2 aromatic carbocycles. The maximum absolute atomic E-state index is 9.78. The summed E-state index contributed by atoms with van der Waals surface area (Å²) in [7, 11) is 0. The lowest BCUT2D eigenvalue weighted by molar-refractivity contribution is 0.471. The lowest BCUT2D eigenvalue weighted by Gasteiger charge is -2.12. The van der Waals surface area contributed by atoms with Crippen molar-refractivity contribution in [1.82, 2.24) is 0 Å². The average Bonchev–Trinajstić information content (AvgIpc) is 2.27. The van der Waals surface area contributed by atoms with Crippen LogP contribution in [0.3, 0.4) is 0 Å². The molecule has 2 heteroatoms. The number of aromatic hydroxyl groups is 2. The minimum Gasteiger partial charge on any atom is -0.508 e. The van der Waals surface area contributed by atoms with Crippen LogP contribution in [-0.2, 0) is 0 Å². The zero-order valence-corrected chi connectivity index (χ0v) is 10.3. The summed E-state index contributed by atoms with van der Waals surface area (Å²) in [5.74, 6) is 0.526. The van der Waals surface area contributed by atoms with Crippen molar-refractivity contribution >= 4 is 0 Å². The Hall–Kier alpha value is -1.96. The van der Waals surface area contributed by atoms with E-state index in [1.165, 1.54) is 0 Å². The quantitative estimate of drug-likeness (QED) is 0.781. The van der Waals surface area contributed by atoms with E-state index in [0.29, 0.717) is 0 Å². The van der Waals surface area contributed by atoms with E-state index in [4.69, 9.17) is 0 Å². The van der Waals surface area contributed by atoms with Gasteiger partial charge in [-0.05, 0) is 66.8 Å². The number of phenols is 2. The van der Waals surface area contributed by atoms with Crippen LogP contribution in [0.5, 0.6) is 11.5 Å². The number of aryl methyl sites for hydroxylation is 3. The Bertz CT molecular complexity index is 571. The van der Waals surface area contributed by atoms with Crippen LogP contribution in [0.15, 0.2) is 30.3 Å². The van der Waals surface area contributed by atoms with Gasteiger partial charge in [0.15, 0.2) is 0 Å². The van der Waals surface area contributed by atoms with Crippen molar-refractivity contribution in [3.05, 3.63) is 47.0 Å². The first-order chi connectivity index (χ1) is 7.99.